The number of nitrogens with two attached hydrogens (primary N) is 1. The quantitative estimate of drug-likeness (QED) is 0.773. The minimum Gasteiger partial charge on any atom is -0.399 e. The minimum atomic E-state index is 0.717. The minimum absolute atomic E-state index is 0.717. The summed E-state index contributed by atoms with van der Waals surface area (Å²) in [6, 6.07) is 6.95. The maximum Gasteiger partial charge on any atom is 0.0317 e. The smallest absolute Gasteiger partial charge is 0.0317 e. The molecule has 0 saturated carbocycles. The summed E-state index contributed by atoms with van der Waals surface area (Å²) < 4.78 is 0. The molecule has 0 spiro atoms. The van der Waals surface area contributed by atoms with Crippen LogP contribution in [0.25, 0.3) is 0 Å². The molecule has 0 radical (unpaired) electrons. The van der Waals surface area contributed by atoms with Crippen LogP contribution >= 0.6 is 0 Å². The third-order valence-electron chi connectivity index (χ3n) is 3.69. The standard InChI is InChI=1S/C14H22N2/c1-11-6-7-14(15)9-13(11)10-16-8-4-3-5-12(16)2/h6-7,9,12H,3-5,8,10,15H2,1-2H3. The van der Waals surface area contributed by atoms with Gasteiger partial charge >= 0.3 is 0 Å². The van der Waals surface area contributed by atoms with Crippen LogP contribution in [-0.2, 0) is 6.54 Å². The van der Waals surface area contributed by atoms with Crippen molar-refractivity contribution in [2.75, 3.05) is 12.3 Å². The van der Waals surface area contributed by atoms with Gasteiger partial charge in [0.15, 0.2) is 0 Å². The average molecular weight is 218 g/mol. The highest BCUT2D eigenvalue weighted by atomic mass is 15.2. The Kier molecular flexibility index (Phi) is 3.49. The molecule has 16 heavy (non-hydrogen) atoms. The van der Waals surface area contributed by atoms with E-state index < -0.39 is 0 Å². The summed E-state index contributed by atoms with van der Waals surface area (Å²) in [4.78, 5) is 2.57. The van der Waals surface area contributed by atoms with E-state index in [4.69, 9.17) is 5.73 Å². The van der Waals surface area contributed by atoms with E-state index in [2.05, 4.69) is 30.9 Å². The van der Waals surface area contributed by atoms with Crippen molar-refractivity contribution in [1.82, 2.24) is 4.90 Å². The highest BCUT2D eigenvalue weighted by Gasteiger charge is 2.18. The Labute approximate surface area is 98.4 Å². The number of hydrogen-bond acceptors (Lipinski definition) is 2. The summed E-state index contributed by atoms with van der Waals surface area (Å²) >= 11 is 0. The second-order valence-electron chi connectivity index (χ2n) is 5.00. The van der Waals surface area contributed by atoms with Crippen molar-refractivity contribution in [3.63, 3.8) is 0 Å². The van der Waals surface area contributed by atoms with Gasteiger partial charge < -0.3 is 5.73 Å². The first kappa shape index (κ1) is 11.5. The largest absolute Gasteiger partial charge is 0.399 e. The number of rotatable bonds is 2. The van der Waals surface area contributed by atoms with Gasteiger partial charge in [-0.25, -0.2) is 0 Å². The lowest BCUT2D eigenvalue weighted by molar-refractivity contribution is 0.152. The van der Waals surface area contributed by atoms with Crippen molar-refractivity contribution >= 4 is 5.69 Å². The molecule has 1 saturated heterocycles. The molecule has 1 aromatic rings. The average Bonchev–Trinajstić information content (AvgIpc) is 2.27. The zero-order valence-corrected chi connectivity index (χ0v) is 10.4. The number of nitrogen functional groups attached to an aromatic ring is 1. The van der Waals surface area contributed by atoms with E-state index in [-0.39, 0.29) is 0 Å². The van der Waals surface area contributed by atoms with Gasteiger partial charge in [-0.3, -0.25) is 4.90 Å². The zero-order valence-electron chi connectivity index (χ0n) is 10.4. The Morgan fingerprint density at radius 2 is 2.19 bits per heavy atom. The summed E-state index contributed by atoms with van der Waals surface area (Å²) in [5, 5.41) is 0. The van der Waals surface area contributed by atoms with Crippen LogP contribution in [0.15, 0.2) is 18.2 Å². The number of aryl methyl sites for hydroxylation is 1. The fourth-order valence-corrected chi connectivity index (χ4v) is 2.47. The summed E-state index contributed by atoms with van der Waals surface area (Å²) in [6.45, 7) is 6.79. The molecule has 1 unspecified atom stereocenters. The molecule has 2 rings (SSSR count). The van der Waals surface area contributed by atoms with Crippen molar-refractivity contribution in [1.29, 1.82) is 0 Å². The molecule has 1 aliphatic heterocycles. The fraction of sp³-hybridized carbons (Fsp3) is 0.571. The first-order chi connectivity index (χ1) is 7.66. The Morgan fingerprint density at radius 3 is 2.94 bits per heavy atom. The molecule has 1 heterocycles. The second kappa shape index (κ2) is 4.88. The van der Waals surface area contributed by atoms with Gasteiger partial charge in [0.25, 0.3) is 0 Å². The van der Waals surface area contributed by atoms with Crippen molar-refractivity contribution < 1.29 is 0 Å². The molecular weight excluding hydrogens is 196 g/mol. The molecular formula is C14H22N2. The van der Waals surface area contributed by atoms with Gasteiger partial charge in [0.05, 0.1) is 0 Å². The lowest BCUT2D eigenvalue weighted by atomic mass is 10.0. The molecule has 0 amide bonds. The third kappa shape index (κ3) is 2.56. The van der Waals surface area contributed by atoms with Gasteiger partial charge in [-0.15, -0.1) is 0 Å². The monoisotopic (exact) mass is 218 g/mol. The first-order valence-corrected chi connectivity index (χ1v) is 6.26. The summed E-state index contributed by atoms with van der Waals surface area (Å²) in [7, 11) is 0. The van der Waals surface area contributed by atoms with Crippen LogP contribution in [0.4, 0.5) is 5.69 Å². The van der Waals surface area contributed by atoms with Crippen molar-refractivity contribution in [2.24, 2.45) is 0 Å². The van der Waals surface area contributed by atoms with Gasteiger partial charge in [-0.1, -0.05) is 12.5 Å². The Bertz CT molecular complexity index is 360. The van der Waals surface area contributed by atoms with E-state index >= 15 is 0 Å². The molecule has 0 aromatic heterocycles. The molecule has 2 nitrogen and oxygen atoms in total. The van der Waals surface area contributed by atoms with Crippen LogP contribution in [0, 0.1) is 6.92 Å². The van der Waals surface area contributed by atoms with Crippen LogP contribution in [0.2, 0.25) is 0 Å². The van der Waals surface area contributed by atoms with Gasteiger partial charge in [0.1, 0.15) is 0 Å². The van der Waals surface area contributed by atoms with Crippen LogP contribution < -0.4 is 5.73 Å². The van der Waals surface area contributed by atoms with E-state index in [1.165, 1.54) is 36.9 Å². The highest BCUT2D eigenvalue weighted by molar-refractivity contribution is 5.44. The van der Waals surface area contributed by atoms with E-state index in [0.717, 1.165) is 18.3 Å². The number of piperidine rings is 1. The predicted octanol–water partition coefficient (Wildman–Crippen LogP) is 2.95. The normalized spacial score (nSPS) is 22.2. The molecule has 2 heteroatoms. The summed E-state index contributed by atoms with van der Waals surface area (Å²) in [6.07, 6.45) is 4.06. The molecule has 1 aliphatic rings. The molecule has 1 atom stereocenters. The number of anilines is 1. The molecule has 1 fully saturated rings. The zero-order chi connectivity index (χ0) is 11.5. The van der Waals surface area contributed by atoms with Gasteiger partial charge in [-0.2, -0.15) is 0 Å². The van der Waals surface area contributed by atoms with E-state index in [9.17, 15) is 0 Å². The first-order valence-electron chi connectivity index (χ1n) is 6.26. The number of likely N-dealkylation sites (tertiary alicyclic amines) is 1. The van der Waals surface area contributed by atoms with Gasteiger partial charge in [0, 0.05) is 18.3 Å². The number of benzene rings is 1. The van der Waals surface area contributed by atoms with E-state index in [1.807, 2.05) is 6.07 Å². The van der Waals surface area contributed by atoms with Crippen LogP contribution in [-0.4, -0.2) is 17.5 Å². The Hall–Kier alpha value is -1.02. The topological polar surface area (TPSA) is 29.3 Å². The van der Waals surface area contributed by atoms with Crippen molar-refractivity contribution in [3.8, 4) is 0 Å². The number of hydrogen-bond donors (Lipinski definition) is 1. The van der Waals surface area contributed by atoms with E-state index in [0.29, 0.717) is 0 Å². The SMILES string of the molecule is Cc1ccc(N)cc1CN1CCCCC1C. The van der Waals surface area contributed by atoms with E-state index in [1.54, 1.807) is 0 Å². The molecule has 0 aliphatic carbocycles. The molecule has 2 N–H and O–H groups in total. The predicted molar refractivity (Wildman–Crippen MR) is 69.3 cm³/mol. The molecule has 1 aromatic carbocycles. The second-order valence-corrected chi connectivity index (χ2v) is 5.00. The summed E-state index contributed by atoms with van der Waals surface area (Å²) in [5.41, 5.74) is 9.47. The lowest BCUT2D eigenvalue weighted by Crippen LogP contribution is -2.36. The maximum absolute atomic E-state index is 5.85. The van der Waals surface area contributed by atoms with Crippen molar-refractivity contribution in [2.45, 2.75) is 45.7 Å². The third-order valence-corrected chi connectivity index (χ3v) is 3.69. The van der Waals surface area contributed by atoms with Gasteiger partial charge in [0.2, 0.25) is 0 Å². The van der Waals surface area contributed by atoms with Crippen LogP contribution in [0.3, 0.4) is 0 Å². The van der Waals surface area contributed by atoms with Crippen LogP contribution in [0.1, 0.15) is 37.3 Å². The number of nitrogens with zero attached hydrogens (tertiary/aromatic N) is 1. The molecule has 0 bridgehead atoms. The Morgan fingerprint density at radius 1 is 1.38 bits per heavy atom. The highest BCUT2D eigenvalue weighted by Crippen LogP contribution is 2.21. The fourth-order valence-electron chi connectivity index (χ4n) is 2.47. The molecule has 88 valence electrons. The van der Waals surface area contributed by atoms with Crippen molar-refractivity contribution in [3.05, 3.63) is 29.3 Å². The summed E-state index contributed by atoms with van der Waals surface area (Å²) in [5.74, 6) is 0. The van der Waals surface area contributed by atoms with Crippen LogP contribution in [0.5, 0.6) is 0 Å². The lowest BCUT2D eigenvalue weighted by Gasteiger charge is -2.33. The van der Waals surface area contributed by atoms with Gasteiger partial charge in [-0.05, 0) is 56.5 Å². The Balaban J connectivity index is 2.10. The maximum atomic E-state index is 5.85.